The summed E-state index contributed by atoms with van der Waals surface area (Å²) in [7, 11) is 0. The first-order valence-electron chi connectivity index (χ1n) is 8.12. The molecule has 2 N–H and O–H groups in total. The van der Waals surface area contributed by atoms with Crippen LogP contribution in [-0.4, -0.2) is 28.9 Å². The molecule has 0 aliphatic heterocycles. The summed E-state index contributed by atoms with van der Waals surface area (Å²) in [6, 6.07) is 0. The van der Waals surface area contributed by atoms with Gasteiger partial charge in [0.05, 0.1) is 12.1 Å². The molecule has 0 aliphatic carbocycles. The summed E-state index contributed by atoms with van der Waals surface area (Å²) in [5, 5.41) is 11.6. The minimum atomic E-state index is -0.578. The summed E-state index contributed by atoms with van der Waals surface area (Å²) in [5.41, 5.74) is -0.578. The predicted octanol–water partition coefficient (Wildman–Crippen LogP) is 3.71. The maximum absolute atomic E-state index is 11.4. The molecular weight excluding hydrogens is 450 g/mol. The predicted molar refractivity (Wildman–Crippen MR) is 90.3 cm³/mol. The van der Waals surface area contributed by atoms with Crippen molar-refractivity contribution in [1.82, 2.24) is 5.32 Å². The summed E-state index contributed by atoms with van der Waals surface area (Å²) >= 11 is 0. The van der Waals surface area contributed by atoms with Gasteiger partial charge in [0.15, 0.2) is 0 Å². The van der Waals surface area contributed by atoms with Crippen LogP contribution < -0.4 is 5.32 Å². The number of ketones is 1. The van der Waals surface area contributed by atoms with Crippen LogP contribution in [0.2, 0.25) is 0 Å². The van der Waals surface area contributed by atoms with Crippen LogP contribution in [0, 0.1) is 5.92 Å². The van der Waals surface area contributed by atoms with Crippen molar-refractivity contribution < 1.29 is 37.2 Å². The normalized spacial score (nSPS) is 10.4. The average molecular weight is 487 g/mol. The molecular formula is C17H37NO3W. The molecule has 0 aromatic rings. The number of hydrogen-bond donors (Lipinski definition) is 2. The maximum Gasteiger partial charge on any atom is 0.220 e. The maximum atomic E-state index is 11.4. The third-order valence-electron chi connectivity index (χ3n) is 2.99. The van der Waals surface area contributed by atoms with E-state index in [4.69, 9.17) is 5.11 Å². The van der Waals surface area contributed by atoms with Gasteiger partial charge >= 0.3 is 0 Å². The molecule has 5 heteroatoms. The van der Waals surface area contributed by atoms with Gasteiger partial charge in [0.2, 0.25) is 5.91 Å². The van der Waals surface area contributed by atoms with Gasteiger partial charge in [-0.15, -0.1) is 0 Å². The van der Waals surface area contributed by atoms with Crippen molar-refractivity contribution >= 4 is 11.7 Å². The Labute approximate surface area is 152 Å². The second kappa shape index (κ2) is 15.7. The Hall–Kier alpha value is -0.212. The fraction of sp³-hybridized carbons (Fsp3) is 0.882. The van der Waals surface area contributed by atoms with Gasteiger partial charge < -0.3 is 10.4 Å². The minimum absolute atomic E-state index is 0. The van der Waals surface area contributed by atoms with Crippen molar-refractivity contribution in [3.05, 3.63) is 0 Å². The van der Waals surface area contributed by atoms with Crippen LogP contribution in [0.15, 0.2) is 0 Å². The Kier molecular flexibility index (Phi) is 19.0. The third-order valence-corrected chi connectivity index (χ3v) is 2.99. The van der Waals surface area contributed by atoms with Crippen molar-refractivity contribution in [2.45, 2.75) is 85.6 Å². The molecule has 0 aliphatic rings. The molecule has 0 saturated carbocycles. The Bertz CT molecular complexity index is 298. The van der Waals surface area contributed by atoms with E-state index in [1.54, 1.807) is 13.8 Å². The van der Waals surface area contributed by atoms with E-state index in [1.807, 2.05) is 6.92 Å². The minimum Gasteiger partial charge on any atom is -0.394 e. The summed E-state index contributed by atoms with van der Waals surface area (Å²) < 4.78 is 0. The number of carbonyl (C=O) groups is 2. The van der Waals surface area contributed by atoms with E-state index < -0.39 is 5.54 Å². The van der Waals surface area contributed by atoms with Crippen LogP contribution in [0.5, 0.6) is 0 Å². The molecule has 0 unspecified atom stereocenters. The SMILES string of the molecule is CCC(=O)CCCC(=O)NC(C)(C)CO.CCCC(C)C.[HH].[W]. The Morgan fingerprint density at radius 1 is 1.18 bits per heavy atom. The van der Waals surface area contributed by atoms with Gasteiger partial charge in [-0.2, -0.15) is 0 Å². The molecule has 0 saturated heterocycles. The molecule has 0 aromatic heterocycles. The Balaban J connectivity index is -0.000000194. The molecule has 0 rings (SSSR count). The quantitative estimate of drug-likeness (QED) is 0.522. The van der Waals surface area contributed by atoms with Crippen LogP contribution in [0.3, 0.4) is 0 Å². The second-order valence-electron chi connectivity index (χ2n) is 6.52. The van der Waals surface area contributed by atoms with E-state index in [2.05, 4.69) is 26.1 Å². The standard InChI is InChI=1S/C11H21NO3.C6H14.W.H2/c1-4-9(14)6-5-7-10(15)12-11(2,3)8-13;1-4-5-6(2)3;;/h13H,4-8H2,1-3H3,(H,12,15);6H,4-5H2,1-3H3;;1H. The van der Waals surface area contributed by atoms with E-state index in [9.17, 15) is 9.59 Å². The molecule has 4 nitrogen and oxygen atoms in total. The van der Waals surface area contributed by atoms with Crippen molar-refractivity contribution in [3.63, 3.8) is 0 Å². The van der Waals surface area contributed by atoms with Gasteiger partial charge in [-0.3, -0.25) is 9.59 Å². The van der Waals surface area contributed by atoms with Crippen molar-refractivity contribution in [1.29, 1.82) is 0 Å². The van der Waals surface area contributed by atoms with E-state index >= 15 is 0 Å². The fourth-order valence-electron chi connectivity index (χ4n) is 1.68. The molecule has 1 amide bonds. The number of hydrogen-bond acceptors (Lipinski definition) is 3. The van der Waals surface area contributed by atoms with Crippen molar-refractivity contribution in [2.24, 2.45) is 5.92 Å². The first-order valence-corrected chi connectivity index (χ1v) is 8.12. The summed E-state index contributed by atoms with van der Waals surface area (Å²) in [4.78, 5) is 22.3. The van der Waals surface area contributed by atoms with Gasteiger partial charge in [-0.1, -0.05) is 40.5 Å². The van der Waals surface area contributed by atoms with E-state index in [-0.39, 0.29) is 40.8 Å². The number of rotatable bonds is 9. The van der Waals surface area contributed by atoms with Crippen LogP contribution in [0.1, 0.15) is 81.5 Å². The molecule has 0 radical (unpaired) electrons. The topological polar surface area (TPSA) is 66.4 Å². The van der Waals surface area contributed by atoms with Crippen LogP contribution in [0.4, 0.5) is 0 Å². The molecule has 0 atom stereocenters. The Morgan fingerprint density at radius 3 is 2.05 bits per heavy atom. The van der Waals surface area contributed by atoms with E-state index in [0.29, 0.717) is 25.7 Å². The van der Waals surface area contributed by atoms with Gasteiger partial charge in [-0.05, 0) is 26.2 Å². The van der Waals surface area contributed by atoms with Gasteiger partial charge in [0, 0.05) is 41.8 Å². The number of Topliss-reactive ketones (excluding diaryl/α,β-unsaturated/α-hetero) is 1. The molecule has 0 aromatic carbocycles. The summed E-state index contributed by atoms with van der Waals surface area (Å²) in [6.07, 6.45) is 4.63. The number of amides is 1. The first-order chi connectivity index (χ1) is 9.68. The molecule has 0 fully saturated rings. The Morgan fingerprint density at radius 2 is 1.73 bits per heavy atom. The van der Waals surface area contributed by atoms with Crippen molar-refractivity contribution in [2.75, 3.05) is 6.61 Å². The van der Waals surface area contributed by atoms with E-state index in [0.717, 1.165) is 5.92 Å². The van der Waals surface area contributed by atoms with Gasteiger partial charge in [0.25, 0.3) is 0 Å². The van der Waals surface area contributed by atoms with Crippen LogP contribution in [-0.2, 0) is 30.7 Å². The number of nitrogens with one attached hydrogen (secondary N) is 1. The van der Waals surface area contributed by atoms with Crippen molar-refractivity contribution in [3.8, 4) is 0 Å². The zero-order chi connectivity index (χ0) is 16.9. The molecule has 0 heterocycles. The molecule has 134 valence electrons. The zero-order valence-electron chi connectivity index (χ0n) is 15.2. The van der Waals surface area contributed by atoms with Gasteiger partial charge in [-0.25, -0.2) is 0 Å². The zero-order valence-corrected chi connectivity index (χ0v) is 18.1. The molecule has 0 bridgehead atoms. The molecule has 0 spiro atoms. The first kappa shape index (κ1) is 26.7. The largest absolute Gasteiger partial charge is 0.394 e. The summed E-state index contributed by atoms with van der Waals surface area (Å²) in [5.74, 6) is 0.970. The molecule has 22 heavy (non-hydrogen) atoms. The van der Waals surface area contributed by atoms with Crippen LogP contribution >= 0.6 is 0 Å². The fourth-order valence-corrected chi connectivity index (χ4v) is 1.68. The van der Waals surface area contributed by atoms with Crippen LogP contribution in [0.25, 0.3) is 0 Å². The smallest absolute Gasteiger partial charge is 0.220 e. The number of aliphatic hydroxyl groups excluding tert-OH is 1. The third kappa shape index (κ3) is 19.8. The average Bonchev–Trinajstić information content (AvgIpc) is 2.38. The van der Waals surface area contributed by atoms with Gasteiger partial charge in [0.1, 0.15) is 5.78 Å². The number of carbonyl (C=O) groups excluding carboxylic acids is 2. The number of aliphatic hydroxyl groups is 1. The second-order valence-corrected chi connectivity index (χ2v) is 6.52. The van der Waals surface area contributed by atoms with E-state index in [1.165, 1.54) is 12.8 Å². The monoisotopic (exact) mass is 487 g/mol. The summed E-state index contributed by atoms with van der Waals surface area (Å²) in [6.45, 7) is 12.0.